The van der Waals surface area contributed by atoms with E-state index in [1.165, 1.54) is 11.1 Å². The highest BCUT2D eigenvalue weighted by molar-refractivity contribution is 6.30. The number of nitrogens with zero attached hydrogens (tertiary/aromatic N) is 1. The van der Waals surface area contributed by atoms with Crippen LogP contribution in [0.4, 0.5) is 11.5 Å². The summed E-state index contributed by atoms with van der Waals surface area (Å²) in [6, 6.07) is 27.4. The van der Waals surface area contributed by atoms with Crippen LogP contribution in [0.1, 0.15) is 21.5 Å². The molecule has 33 heavy (non-hydrogen) atoms. The van der Waals surface area contributed by atoms with E-state index in [0.717, 1.165) is 29.2 Å². The van der Waals surface area contributed by atoms with Gasteiger partial charge in [0.2, 0.25) is 5.91 Å². The largest absolute Gasteiger partial charge is 0.381 e. The lowest BCUT2D eigenvalue weighted by Gasteiger charge is -2.11. The first-order chi connectivity index (χ1) is 16.0. The fraction of sp³-hybridized carbons (Fsp3) is 0.111. The minimum atomic E-state index is -0.407. The van der Waals surface area contributed by atoms with Crippen LogP contribution in [0, 0.1) is 6.92 Å². The molecule has 0 aliphatic rings. The summed E-state index contributed by atoms with van der Waals surface area (Å²) < 4.78 is 0. The Morgan fingerprint density at radius 1 is 0.939 bits per heavy atom. The summed E-state index contributed by atoms with van der Waals surface area (Å²) in [5.74, 6) is 0.426. The summed E-state index contributed by atoms with van der Waals surface area (Å²) in [7, 11) is 1.82. The number of anilines is 2. The first kappa shape index (κ1) is 23.8. The van der Waals surface area contributed by atoms with Crippen molar-refractivity contribution < 1.29 is 4.79 Å². The molecule has 0 saturated heterocycles. The highest BCUT2D eigenvalue weighted by Crippen LogP contribution is 2.24. The summed E-state index contributed by atoms with van der Waals surface area (Å²) in [6.45, 7) is 2.84. The predicted molar refractivity (Wildman–Crippen MR) is 138 cm³/mol. The molecule has 5 nitrogen and oxygen atoms in total. The van der Waals surface area contributed by atoms with Crippen LogP contribution in [0.2, 0.25) is 5.02 Å². The third-order valence-corrected chi connectivity index (χ3v) is 5.29. The zero-order chi connectivity index (χ0) is 23.6. The molecular weight excluding hydrogens is 432 g/mol. The Hall–Kier alpha value is -3.83. The van der Waals surface area contributed by atoms with Gasteiger partial charge in [-0.1, -0.05) is 72.3 Å². The van der Waals surface area contributed by atoms with Gasteiger partial charge in [-0.2, -0.15) is 0 Å². The van der Waals surface area contributed by atoms with Gasteiger partial charge in [-0.3, -0.25) is 4.79 Å². The van der Waals surface area contributed by atoms with Crippen LogP contribution in [0.5, 0.6) is 0 Å². The van der Waals surface area contributed by atoms with E-state index in [1.54, 1.807) is 18.3 Å². The number of pyridine rings is 1. The molecule has 168 valence electrons. The summed E-state index contributed by atoms with van der Waals surface area (Å²) in [5, 5.41) is 6.99. The standard InChI is InChI=1S/C21H20N2O.C6H7ClN2/c1-15-6-2-5-9-20(15)23-14-16-10-12-17(13-11-16)18-7-3-4-8-19(18)21(22)24;1-8-6-3-2-5(7)4-9-6/h2-13,23H,14H2,1H3,(H2,22,24);2-4H,1H3,(H,8,9). The van der Waals surface area contributed by atoms with Crippen LogP contribution >= 0.6 is 11.6 Å². The van der Waals surface area contributed by atoms with Crippen molar-refractivity contribution in [2.75, 3.05) is 17.7 Å². The van der Waals surface area contributed by atoms with Gasteiger partial charge in [-0.05, 0) is 53.4 Å². The van der Waals surface area contributed by atoms with Gasteiger partial charge in [-0.15, -0.1) is 0 Å². The molecule has 0 fully saturated rings. The first-order valence-electron chi connectivity index (χ1n) is 10.5. The van der Waals surface area contributed by atoms with E-state index in [4.69, 9.17) is 17.3 Å². The molecule has 0 spiro atoms. The molecule has 0 saturated carbocycles. The second kappa shape index (κ2) is 11.7. The van der Waals surface area contributed by atoms with Gasteiger partial charge in [0.05, 0.1) is 5.02 Å². The van der Waals surface area contributed by atoms with Crippen LogP contribution in [0.3, 0.4) is 0 Å². The Morgan fingerprint density at radius 2 is 1.64 bits per heavy atom. The Bertz CT molecular complexity index is 1190. The maximum Gasteiger partial charge on any atom is 0.249 e. The van der Waals surface area contributed by atoms with Gasteiger partial charge in [-0.25, -0.2) is 4.98 Å². The number of amides is 1. The van der Waals surface area contributed by atoms with Crippen LogP contribution in [-0.4, -0.2) is 17.9 Å². The lowest BCUT2D eigenvalue weighted by Crippen LogP contribution is -2.12. The minimum Gasteiger partial charge on any atom is -0.381 e. The smallest absolute Gasteiger partial charge is 0.249 e. The molecule has 0 unspecified atom stereocenters. The number of benzene rings is 3. The highest BCUT2D eigenvalue weighted by atomic mass is 35.5. The van der Waals surface area contributed by atoms with E-state index in [2.05, 4.69) is 46.8 Å². The second-order valence-electron chi connectivity index (χ2n) is 7.39. The predicted octanol–water partition coefficient (Wildman–Crippen LogP) is 6.15. The number of rotatable bonds is 6. The molecule has 0 bridgehead atoms. The summed E-state index contributed by atoms with van der Waals surface area (Å²) in [6.07, 6.45) is 1.60. The molecule has 0 radical (unpaired) electrons. The maximum atomic E-state index is 11.6. The van der Waals surface area contributed by atoms with Crippen molar-refractivity contribution in [1.82, 2.24) is 4.98 Å². The molecule has 3 aromatic carbocycles. The lowest BCUT2D eigenvalue weighted by atomic mass is 9.98. The van der Waals surface area contributed by atoms with Crippen molar-refractivity contribution in [3.63, 3.8) is 0 Å². The van der Waals surface area contributed by atoms with E-state index >= 15 is 0 Å². The van der Waals surface area contributed by atoms with Crippen LogP contribution in [0.15, 0.2) is 91.1 Å². The van der Waals surface area contributed by atoms with Crippen LogP contribution in [-0.2, 0) is 6.54 Å². The fourth-order valence-electron chi connectivity index (χ4n) is 3.24. The maximum absolute atomic E-state index is 11.6. The van der Waals surface area contributed by atoms with E-state index in [1.807, 2.05) is 55.6 Å². The zero-order valence-corrected chi connectivity index (χ0v) is 19.4. The van der Waals surface area contributed by atoms with Crippen molar-refractivity contribution in [3.8, 4) is 11.1 Å². The summed E-state index contributed by atoms with van der Waals surface area (Å²) in [5.41, 5.74) is 11.4. The number of aromatic nitrogens is 1. The molecule has 0 aliphatic carbocycles. The van der Waals surface area contributed by atoms with Crippen molar-refractivity contribution in [3.05, 3.63) is 113 Å². The average molecular weight is 459 g/mol. The third kappa shape index (κ3) is 6.82. The molecule has 4 N–H and O–H groups in total. The Morgan fingerprint density at radius 3 is 2.27 bits per heavy atom. The minimum absolute atomic E-state index is 0.407. The Kier molecular flexibility index (Phi) is 8.44. The van der Waals surface area contributed by atoms with Crippen molar-refractivity contribution >= 4 is 29.0 Å². The topological polar surface area (TPSA) is 80.0 Å². The van der Waals surface area contributed by atoms with E-state index in [9.17, 15) is 4.79 Å². The molecule has 0 atom stereocenters. The molecular formula is C27H27ClN4O. The number of halogens is 1. The zero-order valence-electron chi connectivity index (χ0n) is 18.7. The third-order valence-electron chi connectivity index (χ3n) is 5.07. The Balaban J connectivity index is 0.000000286. The number of carbonyl (C=O) groups excluding carboxylic acids is 1. The number of nitrogens with two attached hydrogens (primary N) is 1. The molecule has 4 aromatic rings. The average Bonchev–Trinajstić information content (AvgIpc) is 2.85. The van der Waals surface area contributed by atoms with Gasteiger partial charge in [0.25, 0.3) is 0 Å². The number of hydrogen-bond acceptors (Lipinski definition) is 4. The number of carbonyl (C=O) groups is 1. The van der Waals surface area contributed by atoms with E-state index < -0.39 is 5.91 Å². The van der Waals surface area contributed by atoms with Gasteiger partial charge in [0, 0.05) is 31.0 Å². The quantitative estimate of drug-likeness (QED) is 0.323. The number of primary amides is 1. The monoisotopic (exact) mass is 458 g/mol. The molecule has 1 amide bonds. The Labute approximate surface area is 199 Å². The number of hydrogen-bond donors (Lipinski definition) is 3. The normalized spacial score (nSPS) is 10.0. The first-order valence-corrected chi connectivity index (χ1v) is 10.9. The van der Waals surface area contributed by atoms with Gasteiger partial charge in [0.15, 0.2) is 0 Å². The van der Waals surface area contributed by atoms with E-state index in [0.29, 0.717) is 10.6 Å². The second-order valence-corrected chi connectivity index (χ2v) is 7.82. The summed E-state index contributed by atoms with van der Waals surface area (Å²) >= 11 is 5.58. The van der Waals surface area contributed by atoms with Gasteiger partial charge < -0.3 is 16.4 Å². The van der Waals surface area contributed by atoms with E-state index in [-0.39, 0.29) is 0 Å². The summed E-state index contributed by atoms with van der Waals surface area (Å²) in [4.78, 5) is 15.5. The highest BCUT2D eigenvalue weighted by Gasteiger charge is 2.09. The van der Waals surface area contributed by atoms with Crippen molar-refractivity contribution in [2.24, 2.45) is 5.73 Å². The lowest BCUT2D eigenvalue weighted by molar-refractivity contribution is 0.100. The number of para-hydroxylation sites is 1. The molecule has 1 aromatic heterocycles. The molecule has 1 heterocycles. The van der Waals surface area contributed by atoms with Crippen molar-refractivity contribution in [1.29, 1.82) is 0 Å². The van der Waals surface area contributed by atoms with Crippen molar-refractivity contribution in [2.45, 2.75) is 13.5 Å². The molecule has 0 aliphatic heterocycles. The molecule has 6 heteroatoms. The van der Waals surface area contributed by atoms with Gasteiger partial charge >= 0.3 is 0 Å². The number of aryl methyl sites for hydroxylation is 1. The SMILES string of the molecule is CNc1ccc(Cl)cn1.Cc1ccccc1NCc1ccc(-c2ccccc2C(N)=O)cc1. The van der Waals surface area contributed by atoms with Crippen LogP contribution < -0.4 is 16.4 Å². The van der Waals surface area contributed by atoms with Crippen LogP contribution in [0.25, 0.3) is 11.1 Å². The van der Waals surface area contributed by atoms with Gasteiger partial charge in [0.1, 0.15) is 5.82 Å². The molecule has 4 rings (SSSR count). The fourth-order valence-corrected chi connectivity index (χ4v) is 3.36. The number of nitrogens with one attached hydrogen (secondary N) is 2.